The van der Waals surface area contributed by atoms with Crippen LogP contribution in [-0.4, -0.2) is 59.9 Å². The van der Waals surface area contributed by atoms with Gasteiger partial charge >= 0.3 is 0 Å². The maximum absolute atomic E-state index is 12.7. The lowest BCUT2D eigenvalue weighted by Gasteiger charge is -2.35. The molecule has 10 heteroatoms. The Morgan fingerprint density at radius 2 is 1.90 bits per heavy atom. The molecule has 2 aliphatic rings. The number of nitrogens with one attached hydrogen (secondary N) is 1. The number of nitrogens with zero attached hydrogens (tertiary/aromatic N) is 3. The van der Waals surface area contributed by atoms with Gasteiger partial charge in [0.2, 0.25) is 5.91 Å². The maximum Gasteiger partial charge on any atom is 0.293 e. The molecule has 3 rings (SSSR count). The van der Waals surface area contributed by atoms with Crippen LogP contribution in [0.4, 0.5) is 11.4 Å². The zero-order valence-corrected chi connectivity index (χ0v) is 17.5. The zero-order chi connectivity index (χ0) is 20.5. The smallest absolute Gasteiger partial charge is 0.293 e. The van der Waals surface area contributed by atoms with Gasteiger partial charge in [0, 0.05) is 51.3 Å². The average Bonchev–Trinajstić information content (AvgIpc) is 3.53. The first kappa shape index (κ1) is 22.9. The van der Waals surface area contributed by atoms with E-state index in [1.165, 1.54) is 13.0 Å². The van der Waals surface area contributed by atoms with E-state index in [-0.39, 0.29) is 35.5 Å². The molecule has 1 heterocycles. The molecule has 1 aliphatic carbocycles. The lowest BCUT2D eigenvalue weighted by molar-refractivity contribution is -0.384. The van der Waals surface area contributed by atoms with Crippen molar-refractivity contribution in [3.8, 4) is 0 Å². The van der Waals surface area contributed by atoms with Crippen LogP contribution in [0.15, 0.2) is 18.2 Å². The van der Waals surface area contributed by atoms with Crippen LogP contribution in [-0.2, 0) is 4.79 Å². The van der Waals surface area contributed by atoms with Gasteiger partial charge in [-0.2, -0.15) is 0 Å². The Morgan fingerprint density at radius 3 is 2.38 bits per heavy atom. The minimum absolute atomic E-state index is 0. The van der Waals surface area contributed by atoms with Gasteiger partial charge in [0.25, 0.3) is 11.6 Å². The van der Waals surface area contributed by atoms with Crippen LogP contribution in [0, 0.1) is 16.0 Å². The summed E-state index contributed by atoms with van der Waals surface area (Å²) in [6.45, 7) is 5.82. The van der Waals surface area contributed by atoms with E-state index in [0.717, 1.165) is 12.8 Å². The number of carbonyl (C=O) groups is 2. The molecule has 1 aliphatic heterocycles. The van der Waals surface area contributed by atoms with Crippen molar-refractivity contribution in [2.24, 2.45) is 11.7 Å². The minimum atomic E-state index is -0.493. The summed E-state index contributed by atoms with van der Waals surface area (Å²) in [5, 5.41) is 14.6. The predicted molar refractivity (Wildman–Crippen MR) is 112 cm³/mol. The number of amides is 2. The van der Waals surface area contributed by atoms with Gasteiger partial charge < -0.3 is 20.9 Å². The Labute approximate surface area is 176 Å². The zero-order valence-electron chi connectivity index (χ0n) is 16.7. The Kier molecular flexibility index (Phi) is 7.07. The molecule has 0 radical (unpaired) electrons. The van der Waals surface area contributed by atoms with E-state index in [2.05, 4.69) is 5.32 Å². The standard InChI is InChI=1S/C19H27N5O4.ClH/c1-13(25)22-7-9-23(10-8-22)16-6-3-14(11-17(16)24(27)28)18(26)21-19(2,12-20)15-4-5-15;/h3,6,11,15H,4-5,7-10,12,20H2,1-2H3,(H,21,26);1H. The van der Waals surface area contributed by atoms with Gasteiger partial charge in [-0.15, -0.1) is 12.4 Å². The molecule has 1 atom stereocenters. The van der Waals surface area contributed by atoms with Gasteiger partial charge in [0.05, 0.1) is 10.5 Å². The average molecular weight is 426 g/mol. The number of anilines is 1. The summed E-state index contributed by atoms with van der Waals surface area (Å²) < 4.78 is 0. The van der Waals surface area contributed by atoms with Crippen molar-refractivity contribution < 1.29 is 14.5 Å². The van der Waals surface area contributed by atoms with Gasteiger partial charge in [-0.1, -0.05) is 0 Å². The maximum atomic E-state index is 12.7. The quantitative estimate of drug-likeness (QED) is 0.526. The highest BCUT2D eigenvalue weighted by Gasteiger charge is 2.41. The fourth-order valence-electron chi connectivity index (χ4n) is 3.71. The molecule has 29 heavy (non-hydrogen) atoms. The third kappa shape index (κ3) is 4.97. The third-order valence-electron chi connectivity index (χ3n) is 5.80. The highest BCUT2D eigenvalue weighted by Crippen LogP contribution is 2.39. The van der Waals surface area contributed by atoms with E-state index in [1.54, 1.807) is 17.0 Å². The Bertz CT molecular complexity index is 793. The number of halogens is 1. The van der Waals surface area contributed by atoms with Gasteiger partial charge in [0.1, 0.15) is 5.69 Å². The summed E-state index contributed by atoms with van der Waals surface area (Å²) in [6.07, 6.45) is 2.05. The molecule has 0 spiro atoms. The van der Waals surface area contributed by atoms with Crippen molar-refractivity contribution in [3.63, 3.8) is 0 Å². The van der Waals surface area contributed by atoms with Crippen LogP contribution < -0.4 is 16.0 Å². The fraction of sp³-hybridized carbons (Fsp3) is 0.579. The topological polar surface area (TPSA) is 122 Å². The van der Waals surface area contributed by atoms with Crippen LogP contribution in [0.25, 0.3) is 0 Å². The Morgan fingerprint density at radius 1 is 1.28 bits per heavy atom. The summed E-state index contributed by atoms with van der Waals surface area (Å²) in [7, 11) is 0. The number of hydrogen-bond donors (Lipinski definition) is 2. The molecular weight excluding hydrogens is 398 g/mol. The second-order valence-corrected chi connectivity index (χ2v) is 7.80. The predicted octanol–water partition coefficient (Wildman–Crippen LogP) is 1.54. The molecule has 3 N–H and O–H groups in total. The van der Waals surface area contributed by atoms with Crippen LogP contribution in [0.2, 0.25) is 0 Å². The number of benzene rings is 1. The van der Waals surface area contributed by atoms with E-state index >= 15 is 0 Å². The van der Waals surface area contributed by atoms with Crippen molar-refractivity contribution in [3.05, 3.63) is 33.9 Å². The molecule has 2 amide bonds. The number of rotatable bonds is 6. The summed E-state index contributed by atoms with van der Waals surface area (Å²) in [5.74, 6) is 0.00367. The summed E-state index contributed by atoms with van der Waals surface area (Å²) in [6, 6.07) is 4.55. The summed E-state index contributed by atoms with van der Waals surface area (Å²) in [5.41, 5.74) is 5.96. The molecule has 0 bridgehead atoms. The number of nitrogens with two attached hydrogens (primary N) is 1. The summed E-state index contributed by atoms with van der Waals surface area (Å²) in [4.78, 5) is 38.9. The van der Waals surface area contributed by atoms with Gasteiger partial charge in [-0.05, 0) is 37.8 Å². The Hall–Kier alpha value is -2.39. The molecular formula is C19H28ClN5O4. The lowest BCUT2D eigenvalue weighted by atomic mass is 9.95. The fourth-order valence-corrected chi connectivity index (χ4v) is 3.71. The van der Waals surface area contributed by atoms with Crippen molar-refractivity contribution in [2.45, 2.75) is 32.2 Å². The van der Waals surface area contributed by atoms with Crippen LogP contribution in [0.5, 0.6) is 0 Å². The normalized spacial score (nSPS) is 18.4. The SMILES string of the molecule is CC(=O)N1CCN(c2ccc(C(=O)NC(C)(CN)C3CC3)cc2[N+](=O)[O-])CC1.Cl. The van der Waals surface area contributed by atoms with E-state index in [4.69, 9.17) is 5.73 Å². The van der Waals surface area contributed by atoms with Crippen LogP contribution in [0.1, 0.15) is 37.0 Å². The number of piperazine rings is 1. The van der Waals surface area contributed by atoms with Crippen LogP contribution in [0.3, 0.4) is 0 Å². The molecule has 9 nitrogen and oxygen atoms in total. The monoisotopic (exact) mass is 425 g/mol. The molecule has 1 aromatic rings. The van der Waals surface area contributed by atoms with Crippen molar-refractivity contribution >= 4 is 35.6 Å². The number of carbonyl (C=O) groups excluding carboxylic acids is 2. The molecule has 1 saturated carbocycles. The molecule has 2 fully saturated rings. The largest absolute Gasteiger partial charge is 0.362 e. The summed E-state index contributed by atoms with van der Waals surface area (Å²) >= 11 is 0. The van der Waals surface area contributed by atoms with Crippen molar-refractivity contribution in [1.82, 2.24) is 10.2 Å². The number of nitro benzene ring substituents is 1. The Balaban J connectivity index is 0.00000300. The first-order chi connectivity index (χ1) is 13.2. The second kappa shape index (κ2) is 8.96. The van der Waals surface area contributed by atoms with E-state index in [9.17, 15) is 19.7 Å². The highest BCUT2D eigenvalue weighted by atomic mass is 35.5. The molecule has 1 aromatic carbocycles. The van der Waals surface area contributed by atoms with Crippen molar-refractivity contribution in [2.75, 3.05) is 37.6 Å². The van der Waals surface area contributed by atoms with E-state index < -0.39 is 10.5 Å². The lowest BCUT2D eigenvalue weighted by Crippen LogP contribution is -2.53. The molecule has 1 saturated heterocycles. The van der Waals surface area contributed by atoms with Gasteiger partial charge in [-0.3, -0.25) is 19.7 Å². The van der Waals surface area contributed by atoms with E-state index in [1.807, 2.05) is 11.8 Å². The molecule has 0 aromatic heterocycles. The first-order valence-corrected chi connectivity index (χ1v) is 9.56. The third-order valence-corrected chi connectivity index (χ3v) is 5.80. The molecule has 1 unspecified atom stereocenters. The van der Waals surface area contributed by atoms with Crippen molar-refractivity contribution in [1.29, 1.82) is 0 Å². The number of nitro groups is 1. The minimum Gasteiger partial charge on any atom is -0.362 e. The second-order valence-electron chi connectivity index (χ2n) is 7.80. The van der Waals surface area contributed by atoms with Crippen LogP contribution >= 0.6 is 12.4 Å². The highest BCUT2D eigenvalue weighted by molar-refractivity contribution is 5.96. The molecule has 160 valence electrons. The first-order valence-electron chi connectivity index (χ1n) is 9.56. The van der Waals surface area contributed by atoms with E-state index in [0.29, 0.717) is 44.3 Å². The number of hydrogen-bond acceptors (Lipinski definition) is 6. The van der Waals surface area contributed by atoms with Gasteiger partial charge in [0.15, 0.2) is 0 Å². The van der Waals surface area contributed by atoms with Gasteiger partial charge in [-0.25, -0.2) is 0 Å².